The summed E-state index contributed by atoms with van der Waals surface area (Å²) in [5.41, 5.74) is 10.2. The van der Waals surface area contributed by atoms with E-state index in [-0.39, 0.29) is 6.42 Å². The first-order chi connectivity index (χ1) is 7.38. The highest BCUT2D eigenvalue weighted by Gasteiger charge is 2.23. The third kappa shape index (κ3) is 5.30. The molecule has 0 aromatic carbocycles. The third-order valence-corrected chi connectivity index (χ3v) is 1.95. The minimum atomic E-state index is -1.12. The van der Waals surface area contributed by atoms with Crippen LogP contribution in [0.25, 0.3) is 0 Å². The Kier molecular flexibility index (Phi) is 6.09. The van der Waals surface area contributed by atoms with Crippen LogP contribution in [-0.2, 0) is 14.4 Å². The van der Waals surface area contributed by atoms with Crippen LogP contribution >= 0.6 is 0 Å². The standard InChI is InChI=1S/C9H17N3O4/c1-2-3-6(9(15)16)12-8(14)5(10)4-7(11)13/h5-6H,2-4,10H2,1H3,(H2,11,13)(H,12,14)(H,15,16)/t5?,6-/m0/s1. The summed E-state index contributed by atoms with van der Waals surface area (Å²) in [4.78, 5) is 32.6. The molecule has 2 amide bonds. The second-order valence-electron chi connectivity index (χ2n) is 3.47. The van der Waals surface area contributed by atoms with E-state index in [1.165, 1.54) is 0 Å². The highest BCUT2D eigenvalue weighted by Crippen LogP contribution is 1.98. The molecule has 0 aromatic rings. The molecule has 0 saturated heterocycles. The van der Waals surface area contributed by atoms with E-state index in [2.05, 4.69) is 5.32 Å². The van der Waals surface area contributed by atoms with Crippen LogP contribution in [-0.4, -0.2) is 35.0 Å². The Morgan fingerprint density at radius 2 is 1.94 bits per heavy atom. The summed E-state index contributed by atoms with van der Waals surface area (Å²) in [6.45, 7) is 1.80. The molecule has 0 aromatic heterocycles. The molecule has 7 nitrogen and oxygen atoms in total. The lowest BCUT2D eigenvalue weighted by Gasteiger charge is -2.16. The summed E-state index contributed by atoms with van der Waals surface area (Å²) < 4.78 is 0. The predicted molar refractivity (Wildman–Crippen MR) is 56.3 cm³/mol. The zero-order valence-corrected chi connectivity index (χ0v) is 9.10. The van der Waals surface area contributed by atoms with Crippen LogP contribution in [0.1, 0.15) is 26.2 Å². The number of nitrogens with two attached hydrogens (primary N) is 2. The van der Waals surface area contributed by atoms with E-state index in [4.69, 9.17) is 16.6 Å². The molecule has 2 atom stereocenters. The van der Waals surface area contributed by atoms with Crippen LogP contribution in [0.3, 0.4) is 0 Å². The van der Waals surface area contributed by atoms with Crippen molar-refractivity contribution in [1.82, 2.24) is 5.32 Å². The van der Waals surface area contributed by atoms with E-state index in [0.717, 1.165) is 0 Å². The predicted octanol–water partition coefficient (Wildman–Crippen LogP) is -1.44. The number of hydrogen-bond donors (Lipinski definition) is 4. The highest BCUT2D eigenvalue weighted by molar-refractivity contribution is 5.90. The van der Waals surface area contributed by atoms with Crippen molar-refractivity contribution in [3.05, 3.63) is 0 Å². The van der Waals surface area contributed by atoms with Crippen molar-refractivity contribution in [1.29, 1.82) is 0 Å². The molecule has 0 bridgehead atoms. The van der Waals surface area contributed by atoms with Gasteiger partial charge in [-0.25, -0.2) is 4.79 Å². The van der Waals surface area contributed by atoms with Crippen LogP contribution < -0.4 is 16.8 Å². The van der Waals surface area contributed by atoms with E-state index < -0.39 is 29.9 Å². The van der Waals surface area contributed by atoms with Gasteiger partial charge < -0.3 is 21.9 Å². The van der Waals surface area contributed by atoms with Crippen LogP contribution in [0.4, 0.5) is 0 Å². The van der Waals surface area contributed by atoms with Gasteiger partial charge in [0, 0.05) is 0 Å². The second-order valence-corrected chi connectivity index (χ2v) is 3.47. The Balaban J connectivity index is 4.28. The molecule has 92 valence electrons. The number of carboxylic acid groups (broad SMARTS) is 1. The van der Waals surface area contributed by atoms with Gasteiger partial charge in [-0.2, -0.15) is 0 Å². The molecule has 1 unspecified atom stereocenters. The van der Waals surface area contributed by atoms with Gasteiger partial charge in [-0.15, -0.1) is 0 Å². The quantitative estimate of drug-likeness (QED) is 0.425. The van der Waals surface area contributed by atoms with Crippen molar-refractivity contribution in [3.8, 4) is 0 Å². The molecule has 0 rings (SSSR count). The first-order valence-electron chi connectivity index (χ1n) is 4.95. The van der Waals surface area contributed by atoms with E-state index in [0.29, 0.717) is 12.8 Å². The normalized spacial score (nSPS) is 13.9. The molecular formula is C9H17N3O4. The van der Waals surface area contributed by atoms with Crippen molar-refractivity contribution >= 4 is 17.8 Å². The molecule has 0 aliphatic carbocycles. The molecule has 0 heterocycles. The summed E-state index contributed by atoms with van der Waals surface area (Å²) in [5, 5.41) is 11.0. The fourth-order valence-corrected chi connectivity index (χ4v) is 1.13. The molecule has 0 saturated carbocycles. The van der Waals surface area contributed by atoms with Gasteiger partial charge in [0.25, 0.3) is 0 Å². The molecule has 0 radical (unpaired) electrons. The first-order valence-corrected chi connectivity index (χ1v) is 4.95. The van der Waals surface area contributed by atoms with Crippen molar-refractivity contribution < 1.29 is 19.5 Å². The number of nitrogens with one attached hydrogen (secondary N) is 1. The van der Waals surface area contributed by atoms with Gasteiger partial charge in [-0.3, -0.25) is 9.59 Å². The summed E-state index contributed by atoms with van der Waals surface area (Å²) in [6, 6.07) is -2.08. The van der Waals surface area contributed by atoms with Crippen LogP contribution in [0.15, 0.2) is 0 Å². The molecule has 0 aliphatic rings. The minimum Gasteiger partial charge on any atom is -0.480 e. The second kappa shape index (κ2) is 6.78. The number of carboxylic acids is 1. The van der Waals surface area contributed by atoms with Crippen molar-refractivity contribution in [2.45, 2.75) is 38.3 Å². The van der Waals surface area contributed by atoms with Crippen molar-refractivity contribution in [3.63, 3.8) is 0 Å². The highest BCUT2D eigenvalue weighted by atomic mass is 16.4. The monoisotopic (exact) mass is 231 g/mol. The molecule has 7 heteroatoms. The number of carbonyl (C=O) groups excluding carboxylic acids is 2. The van der Waals surface area contributed by atoms with Crippen molar-refractivity contribution in [2.75, 3.05) is 0 Å². The molecule has 16 heavy (non-hydrogen) atoms. The van der Waals surface area contributed by atoms with E-state index in [9.17, 15) is 14.4 Å². The molecule has 6 N–H and O–H groups in total. The number of hydrogen-bond acceptors (Lipinski definition) is 4. The summed E-state index contributed by atoms with van der Waals surface area (Å²) >= 11 is 0. The maximum absolute atomic E-state index is 11.4. The molecular weight excluding hydrogens is 214 g/mol. The third-order valence-electron chi connectivity index (χ3n) is 1.95. The summed E-state index contributed by atoms with van der Waals surface area (Å²) in [7, 11) is 0. The maximum atomic E-state index is 11.4. The number of aliphatic carboxylic acids is 1. The molecule has 0 aliphatic heterocycles. The number of carbonyl (C=O) groups is 3. The smallest absolute Gasteiger partial charge is 0.326 e. The Bertz CT molecular complexity index is 280. The van der Waals surface area contributed by atoms with Gasteiger partial charge in [-0.05, 0) is 6.42 Å². The number of amides is 2. The first kappa shape index (κ1) is 14.4. The summed E-state index contributed by atoms with van der Waals surface area (Å²) in [6.07, 6.45) is 0.622. The van der Waals surface area contributed by atoms with Gasteiger partial charge in [-0.1, -0.05) is 13.3 Å². The van der Waals surface area contributed by atoms with Crippen LogP contribution in [0, 0.1) is 0 Å². The lowest BCUT2D eigenvalue weighted by atomic mass is 10.1. The Hall–Kier alpha value is -1.63. The van der Waals surface area contributed by atoms with Gasteiger partial charge in [0.1, 0.15) is 6.04 Å². The SMILES string of the molecule is CCC[C@H](NC(=O)C(N)CC(N)=O)C(=O)O. The van der Waals surface area contributed by atoms with Gasteiger partial charge >= 0.3 is 5.97 Å². The zero-order valence-electron chi connectivity index (χ0n) is 9.10. The number of primary amides is 1. The molecule has 0 fully saturated rings. The lowest BCUT2D eigenvalue weighted by Crippen LogP contribution is -2.49. The lowest BCUT2D eigenvalue weighted by molar-refractivity contribution is -0.142. The van der Waals surface area contributed by atoms with Gasteiger partial charge in [0.05, 0.1) is 12.5 Å². The van der Waals surface area contributed by atoms with Crippen LogP contribution in [0.2, 0.25) is 0 Å². The van der Waals surface area contributed by atoms with Crippen molar-refractivity contribution in [2.24, 2.45) is 11.5 Å². The largest absolute Gasteiger partial charge is 0.480 e. The van der Waals surface area contributed by atoms with Crippen LogP contribution in [0.5, 0.6) is 0 Å². The molecule has 0 spiro atoms. The van der Waals surface area contributed by atoms with E-state index in [1.54, 1.807) is 6.92 Å². The fourth-order valence-electron chi connectivity index (χ4n) is 1.13. The fraction of sp³-hybridized carbons (Fsp3) is 0.667. The topological polar surface area (TPSA) is 136 Å². The average molecular weight is 231 g/mol. The van der Waals surface area contributed by atoms with E-state index >= 15 is 0 Å². The summed E-state index contributed by atoms with van der Waals surface area (Å²) in [5.74, 6) is -2.51. The zero-order chi connectivity index (χ0) is 12.7. The Labute approximate surface area is 93.2 Å². The minimum absolute atomic E-state index is 0.301. The average Bonchev–Trinajstić information content (AvgIpc) is 2.15. The van der Waals surface area contributed by atoms with E-state index in [1.807, 2.05) is 0 Å². The Morgan fingerprint density at radius 3 is 2.31 bits per heavy atom. The van der Waals surface area contributed by atoms with Gasteiger partial charge in [0.2, 0.25) is 11.8 Å². The van der Waals surface area contributed by atoms with Gasteiger partial charge in [0.15, 0.2) is 0 Å². The maximum Gasteiger partial charge on any atom is 0.326 e. The number of rotatable bonds is 7. The Morgan fingerprint density at radius 1 is 1.38 bits per heavy atom.